The van der Waals surface area contributed by atoms with Gasteiger partial charge in [0.25, 0.3) is 0 Å². The van der Waals surface area contributed by atoms with Crippen molar-refractivity contribution in [1.29, 1.82) is 0 Å². The molecule has 27 heavy (non-hydrogen) atoms. The van der Waals surface area contributed by atoms with Gasteiger partial charge in [-0.05, 0) is 17.7 Å². The number of benzene rings is 2. The summed E-state index contributed by atoms with van der Waals surface area (Å²) in [6.45, 7) is 0. The van der Waals surface area contributed by atoms with E-state index in [0.29, 0.717) is 35.0 Å². The molecule has 0 spiro atoms. The van der Waals surface area contributed by atoms with Gasteiger partial charge in [0.05, 0.1) is 34.5 Å². The molecule has 0 saturated carbocycles. The molecule has 0 unspecified atom stereocenters. The summed E-state index contributed by atoms with van der Waals surface area (Å²) in [5.41, 5.74) is 1.67. The van der Waals surface area contributed by atoms with Crippen molar-refractivity contribution in [1.82, 2.24) is 0 Å². The highest BCUT2D eigenvalue weighted by atomic mass is 16.5. The van der Waals surface area contributed by atoms with Gasteiger partial charge < -0.3 is 28.8 Å². The van der Waals surface area contributed by atoms with Crippen LogP contribution in [0.3, 0.4) is 0 Å². The van der Waals surface area contributed by atoms with Gasteiger partial charge in [-0.3, -0.25) is 0 Å². The van der Waals surface area contributed by atoms with Crippen LogP contribution in [0.15, 0.2) is 30.3 Å². The Labute approximate surface area is 157 Å². The fourth-order valence-electron chi connectivity index (χ4n) is 3.20. The van der Waals surface area contributed by atoms with Crippen molar-refractivity contribution < 1.29 is 33.6 Å². The molecule has 7 nitrogen and oxygen atoms in total. The molecule has 0 saturated heterocycles. The summed E-state index contributed by atoms with van der Waals surface area (Å²) in [6.07, 6.45) is -1.14. The normalized spacial score (nSPS) is 18.1. The van der Waals surface area contributed by atoms with Crippen LogP contribution in [0.2, 0.25) is 0 Å². The zero-order chi connectivity index (χ0) is 19.6. The van der Waals surface area contributed by atoms with E-state index in [1.807, 2.05) is 0 Å². The van der Waals surface area contributed by atoms with Gasteiger partial charge >= 0.3 is 5.97 Å². The van der Waals surface area contributed by atoms with E-state index >= 15 is 0 Å². The highest BCUT2D eigenvalue weighted by molar-refractivity contribution is 5.92. The molecule has 7 heteroatoms. The summed E-state index contributed by atoms with van der Waals surface area (Å²) in [7, 11) is 5.89. The van der Waals surface area contributed by atoms with Crippen LogP contribution in [0, 0.1) is 0 Å². The third kappa shape index (κ3) is 3.50. The second-order valence-corrected chi connectivity index (χ2v) is 6.07. The molecule has 1 aliphatic rings. The van der Waals surface area contributed by atoms with Crippen molar-refractivity contribution >= 4 is 5.97 Å². The van der Waals surface area contributed by atoms with E-state index in [4.69, 9.17) is 23.7 Å². The lowest BCUT2D eigenvalue weighted by atomic mass is 9.93. The van der Waals surface area contributed by atoms with Crippen molar-refractivity contribution in [3.63, 3.8) is 0 Å². The molecule has 0 aromatic heterocycles. The molecule has 1 N–H and O–H groups in total. The van der Waals surface area contributed by atoms with Crippen LogP contribution in [-0.2, 0) is 11.2 Å². The number of aliphatic hydroxyl groups is 1. The molecule has 1 aliphatic heterocycles. The lowest BCUT2D eigenvalue weighted by Crippen LogP contribution is -2.30. The summed E-state index contributed by atoms with van der Waals surface area (Å²) in [6, 6.07) is 8.52. The van der Waals surface area contributed by atoms with Crippen LogP contribution in [0.25, 0.3) is 0 Å². The smallest absolute Gasteiger partial charge is 0.341 e. The first kappa shape index (κ1) is 18.8. The molecule has 144 valence electrons. The number of hydrogen-bond donors (Lipinski definition) is 1. The first-order valence-electron chi connectivity index (χ1n) is 8.38. The number of carbonyl (C=O) groups excluding carboxylic acids is 1. The Kier molecular flexibility index (Phi) is 5.41. The first-order chi connectivity index (χ1) is 13.0. The van der Waals surface area contributed by atoms with Gasteiger partial charge in [0, 0.05) is 24.1 Å². The number of fused-ring (bicyclic) bond motifs is 1. The van der Waals surface area contributed by atoms with E-state index in [1.165, 1.54) is 14.2 Å². The standard InChI is InChI=1S/C20H22O7/c1-23-12-8-17(25-3)13-10-15(21)19(27-18(13)9-12)11-5-6-16(24-2)14(7-11)20(22)26-4/h5-9,15,19,21H,10H2,1-4H3/t15-,19-/m1/s1. The fourth-order valence-corrected chi connectivity index (χ4v) is 3.20. The molecule has 1 heterocycles. The lowest BCUT2D eigenvalue weighted by molar-refractivity contribution is 0.0196. The van der Waals surface area contributed by atoms with Crippen LogP contribution >= 0.6 is 0 Å². The van der Waals surface area contributed by atoms with Crippen LogP contribution in [0.4, 0.5) is 0 Å². The number of hydrogen-bond acceptors (Lipinski definition) is 7. The molecule has 0 radical (unpaired) electrons. The summed E-state index contributed by atoms with van der Waals surface area (Å²) in [5.74, 6) is 1.61. The summed E-state index contributed by atoms with van der Waals surface area (Å²) in [4.78, 5) is 12.0. The van der Waals surface area contributed by atoms with Crippen molar-refractivity contribution in [2.24, 2.45) is 0 Å². The molecule has 0 amide bonds. The van der Waals surface area contributed by atoms with Crippen molar-refractivity contribution in [2.45, 2.75) is 18.6 Å². The molecular weight excluding hydrogens is 352 g/mol. The third-order valence-electron chi connectivity index (χ3n) is 4.57. The average molecular weight is 374 g/mol. The van der Waals surface area contributed by atoms with Gasteiger partial charge in [-0.1, -0.05) is 6.07 Å². The van der Waals surface area contributed by atoms with E-state index in [0.717, 1.165) is 5.56 Å². The van der Waals surface area contributed by atoms with E-state index < -0.39 is 18.2 Å². The quantitative estimate of drug-likeness (QED) is 0.805. The fraction of sp³-hybridized carbons (Fsp3) is 0.350. The van der Waals surface area contributed by atoms with Crippen molar-refractivity contribution in [3.8, 4) is 23.0 Å². The zero-order valence-corrected chi connectivity index (χ0v) is 15.6. The van der Waals surface area contributed by atoms with E-state index in [9.17, 15) is 9.90 Å². The first-order valence-corrected chi connectivity index (χ1v) is 8.38. The molecule has 0 aliphatic carbocycles. The van der Waals surface area contributed by atoms with Crippen LogP contribution < -0.4 is 18.9 Å². The molecule has 2 atom stereocenters. The Morgan fingerprint density at radius 1 is 1.04 bits per heavy atom. The highest BCUT2D eigenvalue weighted by Gasteiger charge is 2.33. The average Bonchev–Trinajstić information content (AvgIpc) is 2.71. The molecule has 2 aromatic carbocycles. The monoisotopic (exact) mass is 374 g/mol. The summed E-state index contributed by atoms with van der Waals surface area (Å²) < 4.78 is 26.8. The topological polar surface area (TPSA) is 83.5 Å². The van der Waals surface area contributed by atoms with Crippen molar-refractivity contribution in [2.75, 3.05) is 28.4 Å². The van der Waals surface area contributed by atoms with E-state index in [1.54, 1.807) is 44.6 Å². The van der Waals surface area contributed by atoms with Crippen LogP contribution in [0.5, 0.6) is 23.0 Å². The molecule has 2 aromatic rings. The number of rotatable bonds is 5. The van der Waals surface area contributed by atoms with Crippen LogP contribution in [0.1, 0.15) is 27.6 Å². The SMILES string of the molecule is COC(=O)c1cc([C@H]2Oc3cc(OC)cc(OC)c3C[C@H]2O)ccc1OC. The predicted molar refractivity (Wildman–Crippen MR) is 97.0 cm³/mol. The highest BCUT2D eigenvalue weighted by Crippen LogP contribution is 2.43. The maximum atomic E-state index is 12.0. The van der Waals surface area contributed by atoms with Crippen LogP contribution in [-0.4, -0.2) is 45.6 Å². The maximum Gasteiger partial charge on any atom is 0.341 e. The summed E-state index contributed by atoms with van der Waals surface area (Å²) in [5, 5.41) is 10.7. The Morgan fingerprint density at radius 2 is 1.78 bits per heavy atom. The Hall–Kier alpha value is -2.93. The van der Waals surface area contributed by atoms with Crippen molar-refractivity contribution in [3.05, 3.63) is 47.0 Å². The Morgan fingerprint density at radius 3 is 2.41 bits per heavy atom. The predicted octanol–water partition coefficient (Wildman–Crippen LogP) is 2.54. The number of ether oxygens (including phenoxy) is 5. The second-order valence-electron chi connectivity index (χ2n) is 6.07. The second kappa shape index (κ2) is 7.75. The number of methoxy groups -OCH3 is 4. The molecule has 3 rings (SSSR count). The van der Waals surface area contributed by atoms with E-state index in [2.05, 4.69) is 0 Å². The number of carbonyl (C=O) groups is 1. The Balaban J connectivity index is 2.01. The van der Waals surface area contributed by atoms with Gasteiger partial charge in [0.2, 0.25) is 0 Å². The minimum atomic E-state index is -0.821. The molecule has 0 fully saturated rings. The minimum Gasteiger partial charge on any atom is -0.496 e. The summed E-state index contributed by atoms with van der Waals surface area (Å²) >= 11 is 0. The van der Waals surface area contributed by atoms with Gasteiger partial charge in [-0.2, -0.15) is 0 Å². The largest absolute Gasteiger partial charge is 0.496 e. The van der Waals surface area contributed by atoms with E-state index in [-0.39, 0.29) is 5.56 Å². The van der Waals surface area contributed by atoms with Gasteiger partial charge in [-0.15, -0.1) is 0 Å². The Bertz CT molecular complexity index is 846. The maximum absolute atomic E-state index is 12.0. The number of aliphatic hydroxyl groups excluding tert-OH is 1. The zero-order valence-electron chi connectivity index (χ0n) is 15.6. The number of esters is 1. The minimum absolute atomic E-state index is 0.266. The van der Waals surface area contributed by atoms with Gasteiger partial charge in [0.15, 0.2) is 0 Å². The molecular formula is C20H22O7. The lowest BCUT2D eigenvalue weighted by Gasteiger charge is -2.32. The molecule has 0 bridgehead atoms. The third-order valence-corrected chi connectivity index (χ3v) is 4.57. The van der Waals surface area contributed by atoms with Gasteiger partial charge in [-0.25, -0.2) is 4.79 Å². The van der Waals surface area contributed by atoms with Gasteiger partial charge in [0.1, 0.15) is 34.7 Å².